The van der Waals surface area contributed by atoms with E-state index in [0.717, 1.165) is 16.7 Å². The number of hydrogen-bond donors (Lipinski definition) is 2. The number of nitrogens with one attached hydrogen (secondary N) is 2. The summed E-state index contributed by atoms with van der Waals surface area (Å²) < 4.78 is 5.60. The molecule has 1 fully saturated rings. The van der Waals surface area contributed by atoms with E-state index >= 15 is 0 Å². The summed E-state index contributed by atoms with van der Waals surface area (Å²) in [6.07, 6.45) is 2.34. The molecular formula is C23H23N3O3. The maximum absolute atomic E-state index is 12.6. The molecule has 2 aromatic carbocycles. The van der Waals surface area contributed by atoms with Crippen LogP contribution in [0.3, 0.4) is 0 Å². The minimum absolute atomic E-state index is 0.0955. The molecule has 0 radical (unpaired) electrons. The van der Waals surface area contributed by atoms with Crippen LogP contribution in [0.5, 0.6) is 5.75 Å². The molecule has 6 nitrogen and oxygen atoms in total. The molecule has 6 heteroatoms. The van der Waals surface area contributed by atoms with Crippen LogP contribution in [0.4, 0.5) is 11.4 Å². The predicted molar refractivity (Wildman–Crippen MR) is 113 cm³/mol. The highest BCUT2D eigenvalue weighted by Crippen LogP contribution is 2.40. The molecule has 1 aliphatic carbocycles. The van der Waals surface area contributed by atoms with Crippen LogP contribution in [0, 0.1) is 11.8 Å². The third kappa shape index (κ3) is 4.37. The Hall–Kier alpha value is -3.41. The van der Waals surface area contributed by atoms with Crippen molar-refractivity contribution in [2.45, 2.75) is 26.4 Å². The van der Waals surface area contributed by atoms with E-state index in [2.05, 4.69) is 15.6 Å². The number of aromatic nitrogens is 1. The number of ether oxygens (including phenoxy) is 1. The molecule has 2 amide bonds. The summed E-state index contributed by atoms with van der Waals surface area (Å²) in [7, 11) is 0. The van der Waals surface area contributed by atoms with E-state index in [4.69, 9.17) is 4.74 Å². The number of anilines is 2. The Bertz CT molecular complexity index is 1040. The van der Waals surface area contributed by atoms with Crippen molar-refractivity contribution >= 4 is 34.1 Å². The summed E-state index contributed by atoms with van der Waals surface area (Å²) >= 11 is 0. The number of benzene rings is 2. The summed E-state index contributed by atoms with van der Waals surface area (Å²) in [5, 5.41) is 6.76. The molecule has 3 aromatic rings. The van der Waals surface area contributed by atoms with E-state index < -0.39 is 0 Å². The van der Waals surface area contributed by atoms with Crippen molar-refractivity contribution in [1.82, 2.24) is 4.98 Å². The Morgan fingerprint density at radius 2 is 1.66 bits per heavy atom. The molecule has 0 saturated heterocycles. The lowest BCUT2D eigenvalue weighted by Crippen LogP contribution is -2.20. The molecule has 1 aromatic heterocycles. The normalized spacial score (nSPS) is 17.8. The average Bonchev–Trinajstić information content (AvgIpc) is 3.51. The van der Waals surface area contributed by atoms with Crippen molar-refractivity contribution in [3.63, 3.8) is 0 Å². The van der Waals surface area contributed by atoms with Gasteiger partial charge in [0.1, 0.15) is 5.75 Å². The van der Waals surface area contributed by atoms with Gasteiger partial charge in [-0.2, -0.15) is 0 Å². The van der Waals surface area contributed by atoms with Gasteiger partial charge in [-0.05, 0) is 56.7 Å². The molecule has 2 N–H and O–H groups in total. The average molecular weight is 389 g/mol. The number of rotatable bonds is 6. The van der Waals surface area contributed by atoms with Gasteiger partial charge in [0.05, 0.1) is 29.1 Å². The zero-order valence-corrected chi connectivity index (χ0v) is 16.4. The molecule has 1 saturated carbocycles. The predicted octanol–water partition coefficient (Wildman–Crippen LogP) is 4.24. The highest BCUT2D eigenvalue weighted by molar-refractivity contribution is 6.06. The number of hydrogen-bond acceptors (Lipinski definition) is 4. The number of carbonyl (C=O) groups is 2. The number of pyridine rings is 1. The Labute approximate surface area is 169 Å². The van der Waals surface area contributed by atoms with Crippen LogP contribution in [0.25, 0.3) is 10.9 Å². The largest absolute Gasteiger partial charge is 0.491 e. The van der Waals surface area contributed by atoms with E-state index in [1.54, 1.807) is 18.3 Å². The van der Waals surface area contributed by atoms with Crippen molar-refractivity contribution in [1.29, 1.82) is 0 Å². The van der Waals surface area contributed by atoms with Gasteiger partial charge in [-0.3, -0.25) is 14.6 Å². The van der Waals surface area contributed by atoms with Gasteiger partial charge in [0.2, 0.25) is 11.8 Å². The van der Waals surface area contributed by atoms with Crippen LogP contribution in [0.15, 0.2) is 60.8 Å². The van der Waals surface area contributed by atoms with Crippen LogP contribution in [0.1, 0.15) is 20.3 Å². The van der Waals surface area contributed by atoms with Gasteiger partial charge in [-0.15, -0.1) is 0 Å². The van der Waals surface area contributed by atoms with Gasteiger partial charge in [0.25, 0.3) is 0 Å². The summed E-state index contributed by atoms with van der Waals surface area (Å²) in [4.78, 5) is 29.4. The quantitative estimate of drug-likeness (QED) is 0.661. The van der Waals surface area contributed by atoms with Gasteiger partial charge in [-0.25, -0.2) is 0 Å². The van der Waals surface area contributed by atoms with Gasteiger partial charge < -0.3 is 15.4 Å². The van der Waals surface area contributed by atoms with Crippen LogP contribution >= 0.6 is 0 Å². The van der Waals surface area contributed by atoms with Crippen molar-refractivity contribution in [3.8, 4) is 5.75 Å². The molecule has 2 unspecified atom stereocenters. The standard InChI is InChI=1S/C23H23N3O3/c1-14(2)29-17-10-8-16(9-11-17)25-22(27)18-13-19(18)23(28)26-20-7-3-5-15-6-4-12-24-21(15)20/h3-12,14,18-19H,13H2,1-2H3,(H,25,27)(H,26,28). The number of para-hydroxylation sites is 1. The second-order valence-corrected chi connectivity index (χ2v) is 7.50. The lowest BCUT2D eigenvalue weighted by molar-refractivity contribution is -0.122. The fourth-order valence-corrected chi connectivity index (χ4v) is 3.33. The van der Waals surface area contributed by atoms with E-state index in [1.807, 2.05) is 56.3 Å². The Kier molecular flexibility index (Phi) is 5.16. The van der Waals surface area contributed by atoms with E-state index in [0.29, 0.717) is 17.8 Å². The first-order valence-electron chi connectivity index (χ1n) is 9.73. The fourth-order valence-electron chi connectivity index (χ4n) is 3.33. The molecule has 0 aliphatic heterocycles. The lowest BCUT2D eigenvalue weighted by atomic mass is 10.2. The Morgan fingerprint density at radius 1 is 0.966 bits per heavy atom. The first kappa shape index (κ1) is 18.9. The highest BCUT2D eigenvalue weighted by Gasteiger charge is 2.48. The third-order valence-electron chi connectivity index (χ3n) is 4.85. The van der Waals surface area contributed by atoms with Crippen molar-refractivity contribution in [2.24, 2.45) is 11.8 Å². The number of amides is 2. The van der Waals surface area contributed by atoms with E-state index in [1.165, 1.54) is 0 Å². The van der Waals surface area contributed by atoms with Crippen LogP contribution in [-0.2, 0) is 9.59 Å². The number of carbonyl (C=O) groups excluding carboxylic acids is 2. The van der Waals surface area contributed by atoms with Gasteiger partial charge in [-0.1, -0.05) is 18.2 Å². The number of fused-ring (bicyclic) bond motifs is 1. The van der Waals surface area contributed by atoms with Crippen LogP contribution < -0.4 is 15.4 Å². The Morgan fingerprint density at radius 3 is 2.38 bits per heavy atom. The van der Waals surface area contributed by atoms with Crippen molar-refractivity contribution < 1.29 is 14.3 Å². The second kappa shape index (κ2) is 7.91. The highest BCUT2D eigenvalue weighted by atomic mass is 16.5. The zero-order chi connectivity index (χ0) is 20.4. The zero-order valence-electron chi connectivity index (χ0n) is 16.4. The summed E-state index contributed by atoms with van der Waals surface area (Å²) in [5.74, 6) is -0.171. The lowest BCUT2D eigenvalue weighted by Gasteiger charge is -2.11. The fraction of sp³-hybridized carbons (Fsp3) is 0.261. The Balaban J connectivity index is 1.35. The molecule has 2 atom stereocenters. The van der Waals surface area contributed by atoms with E-state index in [-0.39, 0.29) is 29.8 Å². The van der Waals surface area contributed by atoms with Crippen molar-refractivity contribution in [2.75, 3.05) is 10.6 Å². The minimum atomic E-state index is -0.322. The molecule has 0 spiro atoms. The molecular weight excluding hydrogens is 366 g/mol. The molecule has 29 heavy (non-hydrogen) atoms. The second-order valence-electron chi connectivity index (χ2n) is 7.50. The van der Waals surface area contributed by atoms with E-state index in [9.17, 15) is 9.59 Å². The first-order valence-corrected chi connectivity index (χ1v) is 9.73. The monoisotopic (exact) mass is 389 g/mol. The molecule has 1 aliphatic rings. The number of nitrogens with zero attached hydrogens (tertiary/aromatic N) is 1. The topological polar surface area (TPSA) is 80.3 Å². The summed E-state index contributed by atoms with van der Waals surface area (Å²) in [6.45, 7) is 3.92. The SMILES string of the molecule is CC(C)Oc1ccc(NC(=O)C2CC2C(=O)Nc2cccc3cccnc23)cc1. The summed E-state index contributed by atoms with van der Waals surface area (Å²) in [5.41, 5.74) is 2.10. The van der Waals surface area contributed by atoms with Gasteiger partial charge in [0, 0.05) is 17.3 Å². The first-order chi connectivity index (χ1) is 14.0. The van der Waals surface area contributed by atoms with Crippen LogP contribution in [-0.4, -0.2) is 22.9 Å². The minimum Gasteiger partial charge on any atom is -0.491 e. The maximum atomic E-state index is 12.6. The maximum Gasteiger partial charge on any atom is 0.228 e. The summed E-state index contributed by atoms with van der Waals surface area (Å²) in [6, 6.07) is 16.7. The van der Waals surface area contributed by atoms with Gasteiger partial charge >= 0.3 is 0 Å². The third-order valence-corrected chi connectivity index (χ3v) is 4.85. The smallest absolute Gasteiger partial charge is 0.228 e. The van der Waals surface area contributed by atoms with Crippen molar-refractivity contribution in [3.05, 3.63) is 60.8 Å². The van der Waals surface area contributed by atoms with Gasteiger partial charge in [0.15, 0.2) is 0 Å². The van der Waals surface area contributed by atoms with Crippen LogP contribution in [0.2, 0.25) is 0 Å². The molecule has 4 rings (SSSR count). The molecule has 148 valence electrons. The molecule has 1 heterocycles. The molecule has 0 bridgehead atoms.